The molecule has 0 N–H and O–H groups in total. The van der Waals surface area contributed by atoms with Gasteiger partial charge >= 0.3 is 0 Å². The minimum Gasteiger partial charge on any atom is -0.339 e. The molecule has 0 bridgehead atoms. The van der Waals surface area contributed by atoms with E-state index in [1.165, 1.54) is 0 Å². The molecular formula is C10H14INOS. The largest absolute Gasteiger partial charge is 0.339 e. The molecular weight excluding hydrogens is 309 g/mol. The Morgan fingerprint density at radius 2 is 2.36 bits per heavy atom. The lowest BCUT2D eigenvalue weighted by Gasteiger charge is -2.23. The summed E-state index contributed by atoms with van der Waals surface area (Å²) in [4.78, 5) is 13.7. The van der Waals surface area contributed by atoms with Gasteiger partial charge in [-0.15, -0.1) is 11.3 Å². The van der Waals surface area contributed by atoms with E-state index in [1.807, 2.05) is 18.5 Å². The fraction of sp³-hybridized carbons (Fsp3) is 0.500. The van der Waals surface area contributed by atoms with Crippen molar-refractivity contribution in [3.8, 4) is 0 Å². The molecule has 14 heavy (non-hydrogen) atoms. The van der Waals surface area contributed by atoms with Crippen LogP contribution in [-0.2, 0) is 0 Å². The molecule has 0 aliphatic carbocycles. The van der Waals surface area contributed by atoms with Crippen molar-refractivity contribution in [3.63, 3.8) is 0 Å². The molecule has 1 aromatic heterocycles. The molecule has 1 atom stereocenters. The Kier molecular flexibility index (Phi) is 4.37. The summed E-state index contributed by atoms with van der Waals surface area (Å²) in [5, 5.41) is 1.92. The number of carbonyl (C=O) groups excluding carboxylic acids is 1. The molecule has 1 aromatic rings. The summed E-state index contributed by atoms with van der Waals surface area (Å²) in [6, 6.07) is 2.24. The van der Waals surface area contributed by atoms with Crippen molar-refractivity contribution in [2.75, 3.05) is 7.05 Å². The smallest absolute Gasteiger partial charge is 0.254 e. The highest BCUT2D eigenvalue weighted by atomic mass is 127. The molecule has 0 saturated carbocycles. The maximum atomic E-state index is 11.9. The molecule has 0 radical (unpaired) electrons. The number of hydrogen-bond acceptors (Lipinski definition) is 2. The van der Waals surface area contributed by atoms with Crippen LogP contribution in [0, 0.1) is 2.88 Å². The molecule has 1 amide bonds. The first kappa shape index (κ1) is 12.0. The SMILES string of the molecule is CCC(C)N(C)C(=O)c1csc(I)c1. The number of thiophene rings is 1. The molecule has 1 heterocycles. The average Bonchev–Trinajstić information content (AvgIpc) is 2.61. The second-order valence-electron chi connectivity index (χ2n) is 3.31. The van der Waals surface area contributed by atoms with Gasteiger partial charge in [0.15, 0.2) is 0 Å². The zero-order valence-electron chi connectivity index (χ0n) is 8.58. The minimum absolute atomic E-state index is 0.124. The van der Waals surface area contributed by atoms with E-state index in [4.69, 9.17) is 0 Å². The zero-order valence-corrected chi connectivity index (χ0v) is 11.6. The van der Waals surface area contributed by atoms with Gasteiger partial charge in [0.05, 0.1) is 8.45 Å². The minimum atomic E-state index is 0.124. The standard InChI is InChI=1S/C10H14INOS/c1-4-7(2)12(3)10(13)8-5-9(11)14-6-8/h5-7H,4H2,1-3H3. The predicted molar refractivity (Wildman–Crippen MR) is 68.9 cm³/mol. The number of rotatable bonds is 3. The maximum Gasteiger partial charge on any atom is 0.254 e. The third kappa shape index (κ3) is 2.70. The molecule has 2 nitrogen and oxygen atoms in total. The Morgan fingerprint density at radius 3 is 2.79 bits per heavy atom. The first-order chi connectivity index (χ1) is 6.56. The summed E-state index contributed by atoms with van der Waals surface area (Å²) in [5.74, 6) is 0.124. The molecule has 0 saturated heterocycles. The van der Waals surface area contributed by atoms with Crippen LogP contribution in [-0.4, -0.2) is 23.9 Å². The van der Waals surface area contributed by atoms with E-state index in [1.54, 1.807) is 16.2 Å². The molecule has 0 fully saturated rings. The van der Waals surface area contributed by atoms with Crippen LogP contribution in [0.3, 0.4) is 0 Å². The van der Waals surface area contributed by atoms with Crippen LogP contribution < -0.4 is 0 Å². The van der Waals surface area contributed by atoms with Gasteiger partial charge in [-0.2, -0.15) is 0 Å². The Morgan fingerprint density at radius 1 is 1.71 bits per heavy atom. The van der Waals surface area contributed by atoms with Crippen molar-refractivity contribution in [2.24, 2.45) is 0 Å². The number of amides is 1. The van der Waals surface area contributed by atoms with Crippen LogP contribution in [0.5, 0.6) is 0 Å². The van der Waals surface area contributed by atoms with Crippen molar-refractivity contribution >= 4 is 39.8 Å². The molecule has 0 aliphatic heterocycles. The van der Waals surface area contributed by atoms with Gasteiger partial charge in [-0.25, -0.2) is 0 Å². The maximum absolute atomic E-state index is 11.9. The molecule has 1 unspecified atom stereocenters. The fourth-order valence-corrected chi connectivity index (χ4v) is 2.42. The first-order valence-electron chi connectivity index (χ1n) is 4.57. The van der Waals surface area contributed by atoms with Gasteiger partial charge < -0.3 is 4.90 Å². The zero-order chi connectivity index (χ0) is 10.7. The van der Waals surface area contributed by atoms with Crippen LogP contribution in [0.25, 0.3) is 0 Å². The van der Waals surface area contributed by atoms with E-state index in [-0.39, 0.29) is 5.91 Å². The van der Waals surface area contributed by atoms with E-state index in [0.29, 0.717) is 6.04 Å². The summed E-state index contributed by atoms with van der Waals surface area (Å²) in [7, 11) is 1.86. The summed E-state index contributed by atoms with van der Waals surface area (Å²) in [5.41, 5.74) is 0.808. The monoisotopic (exact) mass is 323 g/mol. The molecule has 78 valence electrons. The summed E-state index contributed by atoms with van der Waals surface area (Å²) >= 11 is 3.84. The molecule has 1 rings (SSSR count). The fourth-order valence-electron chi connectivity index (χ4n) is 1.10. The lowest BCUT2D eigenvalue weighted by molar-refractivity contribution is 0.0741. The van der Waals surface area contributed by atoms with Crippen molar-refractivity contribution in [3.05, 3.63) is 19.9 Å². The first-order valence-corrected chi connectivity index (χ1v) is 6.53. The highest BCUT2D eigenvalue weighted by Gasteiger charge is 2.16. The van der Waals surface area contributed by atoms with Gasteiger partial charge in [-0.05, 0) is 42.0 Å². The van der Waals surface area contributed by atoms with E-state index in [9.17, 15) is 4.79 Å². The number of nitrogens with zero attached hydrogens (tertiary/aromatic N) is 1. The van der Waals surface area contributed by atoms with Crippen LogP contribution >= 0.6 is 33.9 Å². The summed E-state index contributed by atoms with van der Waals surface area (Å²) in [6.07, 6.45) is 0.990. The summed E-state index contributed by atoms with van der Waals surface area (Å²) in [6.45, 7) is 4.15. The number of hydrogen-bond donors (Lipinski definition) is 0. The Hall–Kier alpha value is -0.100. The van der Waals surface area contributed by atoms with Crippen molar-refractivity contribution in [1.29, 1.82) is 0 Å². The summed E-state index contributed by atoms with van der Waals surface area (Å²) < 4.78 is 1.16. The van der Waals surface area contributed by atoms with Gasteiger partial charge in [0.2, 0.25) is 0 Å². The van der Waals surface area contributed by atoms with Crippen LogP contribution in [0.15, 0.2) is 11.4 Å². The third-order valence-corrected chi connectivity index (χ3v) is 4.18. The van der Waals surface area contributed by atoms with Gasteiger partial charge in [0.25, 0.3) is 5.91 Å². The lowest BCUT2D eigenvalue weighted by Crippen LogP contribution is -2.34. The van der Waals surface area contributed by atoms with Gasteiger partial charge in [-0.1, -0.05) is 6.92 Å². The quantitative estimate of drug-likeness (QED) is 0.782. The Bertz CT molecular complexity index is 324. The third-order valence-electron chi connectivity index (χ3n) is 2.39. The highest BCUT2D eigenvalue weighted by Crippen LogP contribution is 2.18. The normalized spacial score (nSPS) is 12.6. The number of halogens is 1. The average molecular weight is 323 g/mol. The topological polar surface area (TPSA) is 20.3 Å². The van der Waals surface area contributed by atoms with Gasteiger partial charge in [0, 0.05) is 18.5 Å². The van der Waals surface area contributed by atoms with Crippen LogP contribution in [0.2, 0.25) is 0 Å². The van der Waals surface area contributed by atoms with E-state index in [0.717, 1.165) is 14.9 Å². The van der Waals surface area contributed by atoms with Crippen molar-refractivity contribution in [2.45, 2.75) is 26.3 Å². The molecule has 4 heteroatoms. The van der Waals surface area contributed by atoms with Gasteiger partial charge in [-0.3, -0.25) is 4.79 Å². The second-order valence-corrected chi connectivity index (χ2v) is 6.12. The van der Waals surface area contributed by atoms with Crippen LogP contribution in [0.1, 0.15) is 30.6 Å². The predicted octanol–water partition coefficient (Wildman–Crippen LogP) is 3.22. The highest BCUT2D eigenvalue weighted by molar-refractivity contribution is 14.1. The van der Waals surface area contributed by atoms with Crippen molar-refractivity contribution < 1.29 is 4.79 Å². The number of carbonyl (C=O) groups is 1. The Balaban J connectivity index is 2.75. The Labute approximate surface area is 102 Å². The van der Waals surface area contributed by atoms with E-state index in [2.05, 4.69) is 36.4 Å². The van der Waals surface area contributed by atoms with Crippen molar-refractivity contribution in [1.82, 2.24) is 4.90 Å². The van der Waals surface area contributed by atoms with E-state index >= 15 is 0 Å². The van der Waals surface area contributed by atoms with Crippen LogP contribution in [0.4, 0.5) is 0 Å². The van der Waals surface area contributed by atoms with E-state index < -0.39 is 0 Å². The van der Waals surface area contributed by atoms with Gasteiger partial charge in [0.1, 0.15) is 0 Å². The second kappa shape index (κ2) is 5.11. The molecule has 0 aromatic carbocycles. The lowest BCUT2D eigenvalue weighted by atomic mass is 10.2. The molecule has 0 spiro atoms. The molecule has 0 aliphatic rings.